The van der Waals surface area contributed by atoms with Gasteiger partial charge in [0.05, 0.1) is 10.4 Å². The highest BCUT2D eigenvalue weighted by Crippen LogP contribution is 2.44. The number of halogens is 1. The lowest BCUT2D eigenvalue weighted by Gasteiger charge is -2.16. The lowest BCUT2D eigenvalue weighted by molar-refractivity contribution is 0.109. The van der Waals surface area contributed by atoms with Gasteiger partial charge in [0.1, 0.15) is 0 Å². The fraction of sp³-hybridized carbons (Fsp3) is 0.600. The van der Waals surface area contributed by atoms with Gasteiger partial charge in [-0.2, -0.15) is 0 Å². The quantitative estimate of drug-likeness (QED) is 0.820. The fourth-order valence-corrected chi connectivity index (χ4v) is 2.79. The summed E-state index contributed by atoms with van der Waals surface area (Å²) in [4.78, 5) is 1.00. The molecule has 1 aliphatic rings. The van der Waals surface area contributed by atoms with Crippen molar-refractivity contribution in [2.75, 3.05) is 0 Å². The van der Waals surface area contributed by atoms with Gasteiger partial charge in [-0.25, -0.2) is 0 Å². The summed E-state index contributed by atoms with van der Waals surface area (Å²) in [5, 5.41) is 9.96. The summed E-state index contributed by atoms with van der Waals surface area (Å²) in [6.45, 7) is 2.12. The maximum atomic E-state index is 9.96. The van der Waals surface area contributed by atoms with Crippen LogP contribution in [0.5, 0.6) is 0 Å². The summed E-state index contributed by atoms with van der Waals surface area (Å²) in [5.41, 5.74) is 0. The van der Waals surface area contributed by atoms with Gasteiger partial charge in [0.15, 0.2) is 0 Å². The summed E-state index contributed by atoms with van der Waals surface area (Å²) in [6.07, 6.45) is 2.24. The normalized spacial score (nSPS) is 21.5. The van der Waals surface area contributed by atoms with Gasteiger partial charge in [-0.15, -0.1) is 11.3 Å². The van der Waals surface area contributed by atoms with Crippen LogP contribution < -0.4 is 0 Å². The molecule has 1 N–H and O–H groups in total. The third kappa shape index (κ3) is 2.06. The van der Waals surface area contributed by atoms with E-state index in [2.05, 4.69) is 6.92 Å². The highest BCUT2D eigenvalue weighted by Gasteiger charge is 2.33. The summed E-state index contributed by atoms with van der Waals surface area (Å²) in [7, 11) is 0. The van der Waals surface area contributed by atoms with Gasteiger partial charge in [-0.05, 0) is 36.8 Å². The molecule has 13 heavy (non-hydrogen) atoms. The molecule has 1 saturated carbocycles. The molecule has 0 saturated heterocycles. The van der Waals surface area contributed by atoms with Crippen molar-refractivity contribution in [2.45, 2.75) is 25.9 Å². The maximum Gasteiger partial charge on any atom is 0.0932 e. The first-order valence-corrected chi connectivity index (χ1v) is 5.81. The fourth-order valence-electron chi connectivity index (χ4n) is 1.63. The number of rotatable bonds is 3. The molecule has 0 amide bonds. The minimum absolute atomic E-state index is 0.315. The Hall–Kier alpha value is -0.0500. The molecule has 0 bridgehead atoms. The van der Waals surface area contributed by atoms with E-state index in [1.807, 2.05) is 12.1 Å². The van der Waals surface area contributed by atoms with Gasteiger partial charge in [0.2, 0.25) is 0 Å². The van der Waals surface area contributed by atoms with Crippen LogP contribution in [0.4, 0.5) is 0 Å². The van der Waals surface area contributed by atoms with Crippen LogP contribution in [0, 0.1) is 11.8 Å². The van der Waals surface area contributed by atoms with Crippen molar-refractivity contribution >= 4 is 22.9 Å². The van der Waals surface area contributed by atoms with Crippen LogP contribution in [0.3, 0.4) is 0 Å². The molecule has 0 spiro atoms. The topological polar surface area (TPSA) is 20.2 Å². The molecule has 3 heteroatoms. The molecule has 2 unspecified atom stereocenters. The first-order chi connectivity index (χ1) is 6.18. The van der Waals surface area contributed by atoms with E-state index in [-0.39, 0.29) is 6.10 Å². The molecule has 1 aromatic rings. The van der Waals surface area contributed by atoms with E-state index in [9.17, 15) is 5.11 Å². The van der Waals surface area contributed by atoms with Crippen LogP contribution in [-0.4, -0.2) is 5.11 Å². The molecule has 1 nitrogen and oxygen atoms in total. The van der Waals surface area contributed by atoms with Gasteiger partial charge in [-0.1, -0.05) is 18.5 Å². The standard InChI is InChI=1S/C10H13ClOS/c1-6(7-2-3-7)10(12)8-4-5-9(11)13-8/h4-7,10,12H,2-3H2,1H3. The first-order valence-electron chi connectivity index (χ1n) is 4.62. The van der Waals surface area contributed by atoms with E-state index in [1.54, 1.807) is 0 Å². The SMILES string of the molecule is CC(C1CC1)C(O)c1ccc(Cl)s1. The van der Waals surface area contributed by atoms with E-state index >= 15 is 0 Å². The second kappa shape index (κ2) is 3.60. The third-order valence-electron chi connectivity index (χ3n) is 2.75. The number of aliphatic hydroxyl groups is 1. The molecule has 2 atom stereocenters. The maximum absolute atomic E-state index is 9.96. The van der Waals surface area contributed by atoms with E-state index in [4.69, 9.17) is 11.6 Å². The highest BCUT2D eigenvalue weighted by molar-refractivity contribution is 7.16. The lowest BCUT2D eigenvalue weighted by atomic mass is 9.98. The second-order valence-corrected chi connectivity index (χ2v) is 5.53. The highest BCUT2D eigenvalue weighted by atomic mass is 35.5. The van der Waals surface area contributed by atoms with E-state index in [0.29, 0.717) is 5.92 Å². The van der Waals surface area contributed by atoms with E-state index < -0.39 is 0 Å². The van der Waals surface area contributed by atoms with Crippen molar-refractivity contribution in [3.8, 4) is 0 Å². The van der Waals surface area contributed by atoms with Gasteiger partial charge < -0.3 is 5.11 Å². The largest absolute Gasteiger partial charge is 0.387 e. The van der Waals surface area contributed by atoms with Crippen LogP contribution >= 0.6 is 22.9 Å². The average Bonchev–Trinajstić information content (AvgIpc) is 2.87. The van der Waals surface area contributed by atoms with Crippen LogP contribution in [0.15, 0.2) is 12.1 Å². The zero-order valence-corrected chi connectivity index (χ0v) is 9.11. The Kier molecular flexibility index (Phi) is 2.63. The summed E-state index contributed by atoms with van der Waals surface area (Å²) in [6, 6.07) is 3.78. The molecule has 72 valence electrons. The Morgan fingerprint density at radius 3 is 2.69 bits per heavy atom. The zero-order chi connectivity index (χ0) is 9.42. The Balaban J connectivity index is 2.06. The minimum Gasteiger partial charge on any atom is -0.387 e. The average molecular weight is 217 g/mol. The van der Waals surface area contributed by atoms with Crippen molar-refractivity contribution < 1.29 is 5.11 Å². The Morgan fingerprint density at radius 2 is 2.23 bits per heavy atom. The van der Waals surface area contributed by atoms with Gasteiger partial charge in [0, 0.05) is 4.88 Å². The number of thiophene rings is 1. The summed E-state index contributed by atoms with van der Waals surface area (Å²) in [5.74, 6) is 1.12. The summed E-state index contributed by atoms with van der Waals surface area (Å²) < 4.78 is 0.761. The molecule has 1 aliphatic carbocycles. The predicted octanol–water partition coefficient (Wildman–Crippen LogP) is 3.48. The van der Waals surface area contributed by atoms with Crippen molar-refractivity contribution in [1.82, 2.24) is 0 Å². The zero-order valence-electron chi connectivity index (χ0n) is 7.53. The van der Waals surface area contributed by atoms with Crippen molar-refractivity contribution in [3.05, 3.63) is 21.3 Å². The molecule has 0 aromatic carbocycles. The molecule has 1 aromatic heterocycles. The molecule has 2 rings (SSSR count). The summed E-state index contributed by atoms with van der Waals surface area (Å²) >= 11 is 7.30. The van der Waals surface area contributed by atoms with Crippen molar-refractivity contribution in [3.63, 3.8) is 0 Å². The number of hydrogen-bond acceptors (Lipinski definition) is 2. The molecule has 1 fully saturated rings. The van der Waals surface area contributed by atoms with E-state index in [0.717, 1.165) is 15.1 Å². The Bertz CT molecular complexity index is 293. The Morgan fingerprint density at radius 1 is 1.54 bits per heavy atom. The van der Waals surface area contributed by atoms with Gasteiger partial charge >= 0.3 is 0 Å². The Labute approximate surface area is 87.4 Å². The van der Waals surface area contributed by atoms with Crippen molar-refractivity contribution in [2.24, 2.45) is 11.8 Å². The first kappa shape index (κ1) is 9.50. The number of aliphatic hydroxyl groups excluding tert-OH is 1. The lowest BCUT2D eigenvalue weighted by Crippen LogP contribution is -2.09. The van der Waals surface area contributed by atoms with Crippen LogP contribution in [0.1, 0.15) is 30.7 Å². The third-order valence-corrected chi connectivity index (χ3v) is 4.05. The van der Waals surface area contributed by atoms with Gasteiger partial charge in [-0.3, -0.25) is 0 Å². The number of hydrogen-bond donors (Lipinski definition) is 1. The van der Waals surface area contributed by atoms with Crippen molar-refractivity contribution in [1.29, 1.82) is 0 Å². The second-order valence-electron chi connectivity index (χ2n) is 3.78. The van der Waals surface area contributed by atoms with Gasteiger partial charge in [0.25, 0.3) is 0 Å². The molecule has 0 aliphatic heterocycles. The molecular weight excluding hydrogens is 204 g/mol. The van der Waals surface area contributed by atoms with Crippen LogP contribution in [0.25, 0.3) is 0 Å². The van der Waals surface area contributed by atoms with Crippen LogP contribution in [-0.2, 0) is 0 Å². The van der Waals surface area contributed by atoms with E-state index in [1.165, 1.54) is 24.2 Å². The minimum atomic E-state index is -0.315. The predicted molar refractivity (Wildman–Crippen MR) is 56.2 cm³/mol. The smallest absolute Gasteiger partial charge is 0.0932 e. The molecule has 1 heterocycles. The molecule has 0 radical (unpaired) electrons. The monoisotopic (exact) mass is 216 g/mol. The molecular formula is C10H13ClOS. The van der Waals surface area contributed by atoms with Crippen LogP contribution in [0.2, 0.25) is 4.34 Å².